The first-order valence-electron chi connectivity index (χ1n) is 8.85. The van der Waals surface area contributed by atoms with Gasteiger partial charge in [0.05, 0.1) is 21.3 Å². The van der Waals surface area contributed by atoms with Gasteiger partial charge in [0.15, 0.2) is 0 Å². The van der Waals surface area contributed by atoms with Gasteiger partial charge in [0.25, 0.3) is 11.8 Å². The number of thiophene rings is 1. The highest BCUT2D eigenvalue weighted by atomic mass is 35.5. The summed E-state index contributed by atoms with van der Waals surface area (Å²) in [6, 6.07) is 8.74. The third-order valence-corrected chi connectivity index (χ3v) is 6.67. The summed E-state index contributed by atoms with van der Waals surface area (Å²) >= 11 is 13.9. The Hall–Kier alpha value is -1.82. The lowest BCUT2D eigenvalue weighted by Gasteiger charge is -2.33. The second-order valence-electron chi connectivity index (χ2n) is 6.91. The standard InChI is InChI=1S/C20H18Cl2N2O2S/c1-12-5-3-9-23(11-12)18-16(15-8-4-10-27-15)19(25)24(20(18)26)14-7-2-6-13(21)17(14)22/h2,4,6-8,10,12H,3,5,9,11H2,1H3. The van der Waals surface area contributed by atoms with Crippen LogP contribution in [0.4, 0.5) is 5.69 Å². The minimum absolute atomic E-state index is 0.208. The maximum atomic E-state index is 13.4. The molecule has 1 aromatic carbocycles. The molecule has 1 saturated heterocycles. The molecule has 2 aromatic rings. The zero-order chi connectivity index (χ0) is 19.1. The van der Waals surface area contributed by atoms with E-state index in [1.54, 1.807) is 18.2 Å². The van der Waals surface area contributed by atoms with Crippen molar-refractivity contribution < 1.29 is 9.59 Å². The van der Waals surface area contributed by atoms with Gasteiger partial charge >= 0.3 is 0 Å². The second kappa shape index (κ2) is 7.30. The van der Waals surface area contributed by atoms with Gasteiger partial charge in [-0.25, -0.2) is 4.90 Å². The van der Waals surface area contributed by atoms with Crippen LogP contribution in [0.3, 0.4) is 0 Å². The summed E-state index contributed by atoms with van der Waals surface area (Å²) < 4.78 is 0. The third-order valence-electron chi connectivity index (χ3n) is 4.97. The smallest absolute Gasteiger partial charge is 0.282 e. The number of nitrogens with zero attached hydrogens (tertiary/aromatic N) is 2. The number of amides is 2. The number of carbonyl (C=O) groups excluding carboxylic acids is 2. The minimum Gasteiger partial charge on any atom is -0.366 e. The van der Waals surface area contributed by atoms with E-state index >= 15 is 0 Å². The molecule has 7 heteroatoms. The molecule has 3 heterocycles. The number of imide groups is 1. The van der Waals surface area contributed by atoms with Crippen LogP contribution in [-0.2, 0) is 9.59 Å². The Bertz CT molecular complexity index is 939. The van der Waals surface area contributed by atoms with Gasteiger partial charge < -0.3 is 4.90 Å². The van der Waals surface area contributed by atoms with Crippen molar-refractivity contribution in [3.63, 3.8) is 0 Å². The van der Waals surface area contributed by atoms with Gasteiger partial charge in [-0.2, -0.15) is 0 Å². The van der Waals surface area contributed by atoms with Crippen molar-refractivity contribution in [3.05, 3.63) is 56.3 Å². The van der Waals surface area contributed by atoms with Crippen molar-refractivity contribution in [2.45, 2.75) is 19.8 Å². The normalized spacial score (nSPS) is 20.8. The lowest BCUT2D eigenvalue weighted by molar-refractivity contribution is -0.120. The fraction of sp³-hybridized carbons (Fsp3) is 0.300. The van der Waals surface area contributed by atoms with E-state index in [4.69, 9.17) is 23.2 Å². The van der Waals surface area contributed by atoms with Crippen molar-refractivity contribution in [2.75, 3.05) is 18.0 Å². The average molecular weight is 421 g/mol. The Morgan fingerprint density at radius 1 is 1.11 bits per heavy atom. The summed E-state index contributed by atoms with van der Waals surface area (Å²) in [7, 11) is 0. The van der Waals surface area contributed by atoms with Crippen LogP contribution in [0.5, 0.6) is 0 Å². The summed E-state index contributed by atoms with van der Waals surface area (Å²) in [6.07, 6.45) is 2.13. The molecule has 0 bridgehead atoms. The molecule has 2 amide bonds. The minimum atomic E-state index is -0.347. The number of halogens is 2. The van der Waals surface area contributed by atoms with Gasteiger partial charge in [-0.05, 0) is 42.3 Å². The molecule has 0 radical (unpaired) electrons. The van der Waals surface area contributed by atoms with Crippen LogP contribution in [0.2, 0.25) is 10.0 Å². The molecule has 2 aliphatic heterocycles. The highest BCUT2D eigenvalue weighted by Gasteiger charge is 2.44. The van der Waals surface area contributed by atoms with Gasteiger partial charge in [-0.15, -0.1) is 11.3 Å². The number of hydrogen-bond acceptors (Lipinski definition) is 4. The molecule has 0 saturated carbocycles. The largest absolute Gasteiger partial charge is 0.366 e. The predicted molar refractivity (Wildman–Crippen MR) is 110 cm³/mol. The summed E-state index contributed by atoms with van der Waals surface area (Å²) in [5, 5.41) is 2.43. The van der Waals surface area contributed by atoms with Gasteiger partial charge in [0.1, 0.15) is 5.70 Å². The van der Waals surface area contributed by atoms with Gasteiger partial charge in [-0.3, -0.25) is 9.59 Å². The molecule has 0 aliphatic carbocycles. The Morgan fingerprint density at radius 3 is 2.63 bits per heavy atom. The molecule has 27 heavy (non-hydrogen) atoms. The summed E-state index contributed by atoms with van der Waals surface area (Å²) in [5.41, 5.74) is 1.26. The molecule has 4 rings (SSSR count). The van der Waals surface area contributed by atoms with Crippen LogP contribution < -0.4 is 4.90 Å². The molecule has 4 nitrogen and oxygen atoms in total. The Labute approximate surface area is 172 Å². The molecule has 1 atom stereocenters. The fourth-order valence-electron chi connectivity index (χ4n) is 3.73. The zero-order valence-corrected chi connectivity index (χ0v) is 17.1. The third kappa shape index (κ3) is 3.18. The van der Waals surface area contributed by atoms with E-state index in [9.17, 15) is 9.59 Å². The Morgan fingerprint density at radius 2 is 1.93 bits per heavy atom. The van der Waals surface area contributed by atoms with Crippen LogP contribution in [0.25, 0.3) is 5.57 Å². The number of benzene rings is 1. The number of hydrogen-bond donors (Lipinski definition) is 0. The quantitative estimate of drug-likeness (QED) is 0.650. The molecule has 140 valence electrons. The SMILES string of the molecule is CC1CCCN(C2=C(c3cccs3)C(=O)N(c3cccc(Cl)c3Cl)C2=O)C1. The first kappa shape index (κ1) is 18.5. The van der Waals surface area contributed by atoms with Crippen molar-refractivity contribution in [3.8, 4) is 0 Å². The van der Waals surface area contributed by atoms with Gasteiger partial charge in [0, 0.05) is 18.0 Å². The van der Waals surface area contributed by atoms with Gasteiger partial charge in [0.2, 0.25) is 0 Å². The van der Waals surface area contributed by atoms with E-state index in [1.165, 1.54) is 11.3 Å². The van der Waals surface area contributed by atoms with Crippen LogP contribution in [0.15, 0.2) is 41.4 Å². The molecule has 0 spiro atoms. The van der Waals surface area contributed by atoms with E-state index in [-0.39, 0.29) is 16.8 Å². The summed E-state index contributed by atoms with van der Waals surface area (Å²) in [6.45, 7) is 3.70. The number of rotatable bonds is 3. The number of likely N-dealkylation sites (tertiary alicyclic amines) is 1. The van der Waals surface area contributed by atoms with Crippen LogP contribution >= 0.6 is 34.5 Å². The maximum absolute atomic E-state index is 13.4. The van der Waals surface area contributed by atoms with Gasteiger partial charge in [-0.1, -0.05) is 42.3 Å². The van der Waals surface area contributed by atoms with E-state index < -0.39 is 0 Å². The lowest BCUT2D eigenvalue weighted by Crippen LogP contribution is -2.39. The molecular weight excluding hydrogens is 403 g/mol. The fourth-order valence-corrected chi connectivity index (χ4v) is 4.87. The van der Waals surface area contributed by atoms with Crippen molar-refractivity contribution in [1.82, 2.24) is 4.90 Å². The second-order valence-corrected chi connectivity index (χ2v) is 8.65. The molecule has 1 aromatic heterocycles. The topological polar surface area (TPSA) is 40.6 Å². The molecule has 1 unspecified atom stereocenters. The Balaban J connectivity index is 1.83. The molecular formula is C20H18Cl2N2O2S. The number of carbonyl (C=O) groups is 2. The first-order chi connectivity index (χ1) is 13.0. The summed E-state index contributed by atoms with van der Waals surface area (Å²) in [5.74, 6) is -0.205. The van der Waals surface area contributed by atoms with Crippen molar-refractivity contribution in [1.29, 1.82) is 0 Å². The van der Waals surface area contributed by atoms with Crippen molar-refractivity contribution >= 4 is 57.6 Å². The molecule has 2 aliphatic rings. The van der Waals surface area contributed by atoms with Crippen molar-refractivity contribution in [2.24, 2.45) is 5.92 Å². The average Bonchev–Trinajstić information content (AvgIpc) is 3.24. The molecule has 1 fully saturated rings. The van der Waals surface area contributed by atoms with Crippen LogP contribution in [0, 0.1) is 5.92 Å². The van der Waals surface area contributed by atoms with E-state index in [0.717, 1.165) is 35.7 Å². The summed E-state index contributed by atoms with van der Waals surface area (Å²) in [4.78, 5) is 30.8. The predicted octanol–water partition coefficient (Wildman–Crippen LogP) is 5.07. The van der Waals surface area contributed by atoms with E-state index in [1.807, 2.05) is 17.5 Å². The lowest BCUT2D eigenvalue weighted by atomic mass is 9.99. The van der Waals surface area contributed by atoms with E-state index in [0.29, 0.717) is 27.9 Å². The van der Waals surface area contributed by atoms with E-state index in [2.05, 4.69) is 11.8 Å². The number of anilines is 1. The zero-order valence-electron chi connectivity index (χ0n) is 14.7. The Kier molecular flexibility index (Phi) is 5.01. The highest BCUT2D eigenvalue weighted by Crippen LogP contribution is 2.41. The first-order valence-corrected chi connectivity index (χ1v) is 10.5. The highest BCUT2D eigenvalue weighted by molar-refractivity contribution is 7.11. The molecule has 0 N–H and O–H groups in total. The maximum Gasteiger partial charge on any atom is 0.282 e. The van der Waals surface area contributed by atoms with Crippen LogP contribution in [0.1, 0.15) is 24.6 Å². The number of piperidine rings is 1. The van der Waals surface area contributed by atoms with Crippen LogP contribution in [-0.4, -0.2) is 29.8 Å². The monoisotopic (exact) mass is 420 g/mol.